The molecule has 4 rings (SSSR count). The van der Waals surface area contributed by atoms with E-state index in [9.17, 15) is 37.1 Å². The monoisotopic (exact) mass is 620 g/mol. The quantitative estimate of drug-likeness (QED) is 0.272. The van der Waals surface area contributed by atoms with Gasteiger partial charge in [-0.15, -0.1) is 0 Å². The minimum Gasteiger partial charge on any atom is -0.361 e. The number of alkyl halides is 3. The van der Waals surface area contributed by atoms with Crippen LogP contribution in [0.25, 0.3) is 10.9 Å². The summed E-state index contributed by atoms with van der Waals surface area (Å²) < 4.78 is 37.5. The lowest BCUT2D eigenvalue weighted by Gasteiger charge is -2.34. The molecule has 2 aliphatic heterocycles. The number of carbonyl (C=O) groups is 5. The molecular weight excluding hydrogens is 581 g/mol. The van der Waals surface area contributed by atoms with E-state index in [-0.39, 0.29) is 44.1 Å². The molecule has 11 nitrogen and oxygen atoms in total. The summed E-state index contributed by atoms with van der Waals surface area (Å²) in [4.78, 5) is 70.4. The number of para-hydroxylation sites is 1. The molecule has 1 aromatic carbocycles. The van der Waals surface area contributed by atoms with E-state index < -0.39 is 54.0 Å². The van der Waals surface area contributed by atoms with Gasteiger partial charge in [0.1, 0.15) is 24.2 Å². The molecule has 1 unspecified atom stereocenters. The van der Waals surface area contributed by atoms with Crippen LogP contribution in [0.5, 0.6) is 0 Å². The molecule has 0 bridgehead atoms. The van der Waals surface area contributed by atoms with E-state index in [0.29, 0.717) is 25.8 Å². The van der Waals surface area contributed by atoms with E-state index in [1.807, 2.05) is 38.1 Å². The normalized spacial score (nSPS) is 24.1. The Morgan fingerprint density at radius 2 is 1.73 bits per heavy atom. The zero-order valence-electron chi connectivity index (χ0n) is 24.8. The number of H-pyrrole nitrogens is 1. The van der Waals surface area contributed by atoms with E-state index in [0.717, 1.165) is 16.5 Å². The first-order valence-electron chi connectivity index (χ1n) is 15.0. The number of halogens is 3. The number of amides is 5. The van der Waals surface area contributed by atoms with Crippen LogP contribution in [0.4, 0.5) is 13.2 Å². The fourth-order valence-electron chi connectivity index (χ4n) is 5.73. The van der Waals surface area contributed by atoms with Gasteiger partial charge in [-0.05, 0) is 49.7 Å². The molecule has 44 heavy (non-hydrogen) atoms. The van der Waals surface area contributed by atoms with Crippen LogP contribution < -0.4 is 21.3 Å². The van der Waals surface area contributed by atoms with Crippen molar-refractivity contribution in [1.29, 1.82) is 0 Å². The Bertz CT molecular complexity index is 1380. The predicted molar refractivity (Wildman–Crippen MR) is 155 cm³/mol. The summed E-state index contributed by atoms with van der Waals surface area (Å²) in [5.74, 6) is -4.34. The zero-order chi connectivity index (χ0) is 32.0. The van der Waals surface area contributed by atoms with E-state index in [1.54, 1.807) is 11.5 Å². The van der Waals surface area contributed by atoms with Crippen molar-refractivity contribution < 1.29 is 37.1 Å². The molecular formula is C30H39F3N6O5. The van der Waals surface area contributed by atoms with Gasteiger partial charge in [0.2, 0.25) is 23.6 Å². The Kier molecular flexibility index (Phi) is 10.5. The molecule has 5 amide bonds. The van der Waals surface area contributed by atoms with Gasteiger partial charge in [0, 0.05) is 36.6 Å². The Balaban J connectivity index is 1.59. The van der Waals surface area contributed by atoms with Crippen LogP contribution in [-0.2, 0) is 30.4 Å². The number of hydrogen-bond donors (Lipinski definition) is 5. The average Bonchev–Trinajstić information content (AvgIpc) is 3.64. The van der Waals surface area contributed by atoms with E-state index in [4.69, 9.17) is 0 Å². The average molecular weight is 621 g/mol. The van der Waals surface area contributed by atoms with Crippen molar-refractivity contribution in [1.82, 2.24) is 31.2 Å². The number of benzene rings is 1. The highest BCUT2D eigenvalue weighted by molar-refractivity contribution is 5.98. The van der Waals surface area contributed by atoms with Gasteiger partial charge in [0.25, 0.3) is 0 Å². The first kappa shape index (κ1) is 32.8. The Morgan fingerprint density at radius 3 is 2.45 bits per heavy atom. The number of hydrogen-bond acceptors (Lipinski definition) is 5. The van der Waals surface area contributed by atoms with Crippen molar-refractivity contribution in [3.05, 3.63) is 36.0 Å². The molecule has 0 radical (unpaired) electrons. The first-order valence-corrected chi connectivity index (χ1v) is 15.0. The van der Waals surface area contributed by atoms with Crippen LogP contribution in [-0.4, -0.2) is 82.9 Å². The topological polar surface area (TPSA) is 152 Å². The zero-order valence-corrected chi connectivity index (χ0v) is 24.8. The minimum absolute atomic E-state index is 0.0387. The Labute approximate surface area is 253 Å². The number of rotatable bonds is 9. The third-order valence-corrected chi connectivity index (χ3v) is 8.44. The van der Waals surface area contributed by atoms with Crippen LogP contribution in [0.15, 0.2) is 30.5 Å². The summed E-state index contributed by atoms with van der Waals surface area (Å²) in [6, 6.07) is 3.54. The fraction of sp³-hybridized carbons (Fsp3) is 0.567. The van der Waals surface area contributed by atoms with Crippen molar-refractivity contribution in [3.63, 3.8) is 0 Å². The lowest BCUT2D eigenvalue weighted by molar-refractivity contribution is -0.173. The van der Waals surface area contributed by atoms with Gasteiger partial charge in [-0.2, -0.15) is 13.2 Å². The number of unbranched alkanes of at least 4 members (excludes halogenated alkanes) is 1. The number of aromatic amines is 1. The van der Waals surface area contributed by atoms with Gasteiger partial charge < -0.3 is 31.2 Å². The number of nitrogens with zero attached hydrogens (tertiary/aromatic N) is 1. The van der Waals surface area contributed by atoms with Crippen LogP contribution in [0, 0.1) is 5.92 Å². The third-order valence-electron chi connectivity index (χ3n) is 8.44. The maximum absolute atomic E-state index is 13.8. The number of fused-ring (bicyclic) bond motifs is 2. The molecule has 2 fully saturated rings. The molecule has 0 aliphatic carbocycles. The number of carbonyl (C=O) groups excluding carboxylic acids is 5. The SMILES string of the molecule is CCC(C)[C@@H]1NC(=O)[C@@H](Cc2c[nH]c3ccccc23)NC(=O)[C@H](CCCCNC(=O)C(F)(F)F)NC(=O)[C@H]2CCCN2C1=O. The van der Waals surface area contributed by atoms with Gasteiger partial charge >= 0.3 is 12.1 Å². The summed E-state index contributed by atoms with van der Waals surface area (Å²) >= 11 is 0. The van der Waals surface area contributed by atoms with E-state index in [2.05, 4.69) is 20.9 Å². The highest BCUT2D eigenvalue weighted by atomic mass is 19.4. The summed E-state index contributed by atoms with van der Waals surface area (Å²) in [5, 5.41) is 11.0. The molecule has 5 atom stereocenters. The highest BCUT2D eigenvalue weighted by Gasteiger charge is 2.42. The second-order valence-electron chi connectivity index (χ2n) is 11.5. The molecule has 0 spiro atoms. The van der Waals surface area contributed by atoms with Gasteiger partial charge in [-0.3, -0.25) is 24.0 Å². The largest absolute Gasteiger partial charge is 0.471 e. The van der Waals surface area contributed by atoms with Crippen molar-refractivity contribution in [2.45, 2.75) is 89.1 Å². The van der Waals surface area contributed by atoms with Crippen molar-refractivity contribution in [3.8, 4) is 0 Å². The van der Waals surface area contributed by atoms with Crippen molar-refractivity contribution >= 4 is 40.4 Å². The van der Waals surface area contributed by atoms with Gasteiger partial charge in [-0.25, -0.2) is 0 Å². The molecule has 14 heteroatoms. The van der Waals surface area contributed by atoms with Crippen molar-refractivity contribution in [2.24, 2.45) is 5.92 Å². The van der Waals surface area contributed by atoms with Crippen LogP contribution in [0.1, 0.15) is 57.9 Å². The number of aromatic nitrogens is 1. The summed E-state index contributed by atoms with van der Waals surface area (Å²) in [5.41, 5.74) is 1.61. The molecule has 1 aromatic heterocycles. The molecule has 2 saturated heterocycles. The highest BCUT2D eigenvalue weighted by Crippen LogP contribution is 2.24. The number of nitrogens with one attached hydrogen (secondary N) is 5. The molecule has 2 aromatic rings. The van der Waals surface area contributed by atoms with Crippen molar-refractivity contribution in [2.75, 3.05) is 13.1 Å². The molecule has 2 aliphatic rings. The van der Waals surface area contributed by atoms with Gasteiger partial charge in [0.15, 0.2) is 0 Å². The van der Waals surface area contributed by atoms with Gasteiger partial charge in [-0.1, -0.05) is 38.5 Å². The van der Waals surface area contributed by atoms with Crippen LogP contribution in [0.3, 0.4) is 0 Å². The molecule has 5 N–H and O–H groups in total. The minimum atomic E-state index is -5.00. The molecule has 3 heterocycles. The smallest absolute Gasteiger partial charge is 0.361 e. The molecule has 0 saturated carbocycles. The maximum atomic E-state index is 13.8. The lowest BCUT2D eigenvalue weighted by atomic mass is 9.95. The van der Waals surface area contributed by atoms with Gasteiger partial charge in [0.05, 0.1) is 0 Å². The Morgan fingerprint density at radius 1 is 1.02 bits per heavy atom. The lowest BCUT2D eigenvalue weighted by Crippen LogP contribution is -2.62. The standard InChI is InChI=1S/C30H39F3N6O5/c1-3-17(2)24-28(43)39-14-8-12-23(39)27(42)36-21(11-6-7-13-34-29(44)30(31,32)33)25(40)37-22(26(41)38-24)15-18-16-35-20-10-5-4-9-19(18)20/h4-5,9-10,16-17,21-24,35H,3,6-8,11-15H2,1-2H3,(H,34,44)(H,36,42)(H,37,40)(H,38,41)/t17?,21-,22+,23+,24-/m0/s1. The van der Waals surface area contributed by atoms with Crippen LogP contribution in [0.2, 0.25) is 0 Å². The van der Waals surface area contributed by atoms with E-state index >= 15 is 0 Å². The first-order chi connectivity index (χ1) is 20.9. The van der Waals surface area contributed by atoms with E-state index in [1.165, 1.54) is 4.90 Å². The summed E-state index contributed by atoms with van der Waals surface area (Å²) in [6.45, 7) is 3.81. The third kappa shape index (κ3) is 7.69. The van der Waals surface area contributed by atoms with Crippen LogP contribution >= 0.6 is 0 Å². The maximum Gasteiger partial charge on any atom is 0.471 e. The Hall–Kier alpha value is -4.10. The second-order valence-corrected chi connectivity index (χ2v) is 11.5. The second kappa shape index (κ2) is 14.1. The predicted octanol–water partition coefficient (Wildman–Crippen LogP) is 2.06. The summed E-state index contributed by atoms with van der Waals surface area (Å²) in [6.07, 6.45) is -1.25. The molecule has 240 valence electrons. The fourth-order valence-corrected chi connectivity index (χ4v) is 5.73. The summed E-state index contributed by atoms with van der Waals surface area (Å²) in [7, 11) is 0.